The van der Waals surface area contributed by atoms with Gasteiger partial charge in [-0.2, -0.15) is 16.9 Å². The Hall–Kier alpha value is -0.760. The molecule has 6 nitrogen and oxygen atoms in total. The largest absolute Gasteiger partial charge is 0.367 e. The first-order valence-corrected chi connectivity index (χ1v) is 8.52. The molecule has 1 aromatic heterocycles. The number of carbonyl (C=O) groups excluding carboxylic acids is 1. The third-order valence-electron chi connectivity index (χ3n) is 3.85. The van der Waals surface area contributed by atoms with Gasteiger partial charge in [0.2, 0.25) is 5.91 Å². The monoisotopic (exact) mass is 348 g/mol. The van der Waals surface area contributed by atoms with Crippen LogP contribution in [0.1, 0.15) is 18.9 Å². The van der Waals surface area contributed by atoms with Crippen molar-refractivity contribution in [1.82, 2.24) is 14.7 Å². The Morgan fingerprint density at radius 1 is 1.64 bits per heavy atom. The molecular weight excluding hydrogens is 324 g/mol. The summed E-state index contributed by atoms with van der Waals surface area (Å²) < 4.78 is 7.66. The summed E-state index contributed by atoms with van der Waals surface area (Å²) >= 11 is 1.71. The zero-order valence-electron chi connectivity index (χ0n) is 13.3. The van der Waals surface area contributed by atoms with E-state index in [1.54, 1.807) is 22.6 Å². The number of nitrogens with zero attached hydrogens (tertiary/aromatic N) is 3. The molecule has 0 aromatic carbocycles. The summed E-state index contributed by atoms with van der Waals surface area (Å²) in [5.74, 6) is 0.916. The highest BCUT2D eigenvalue weighted by molar-refractivity contribution is 7.98. The smallest absolute Gasteiger partial charge is 0.239 e. The van der Waals surface area contributed by atoms with Crippen molar-refractivity contribution in [2.24, 2.45) is 12.8 Å². The average Bonchev–Trinajstić information content (AvgIpc) is 2.91. The van der Waals surface area contributed by atoms with Crippen LogP contribution >= 0.6 is 24.2 Å². The number of ether oxygens (including phenoxy) is 1. The maximum atomic E-state index is 12.4. The molecule has 8 heteroatoms. The van der Waals surface area contributed by atoms with Crippen LogP contribution in [0, 0.1) is 0 Å². The number of aromatic nitrogens is 2. The number of thioether (sulfide) groups is 1. The number of nitrogens with two attached hydrogens (primary N) is 1. The molecule has 0 bridgehead atoms. The highest BCUT2D eigenvalue weighted by Crippen LogP contribution is 2.29. The van der Waals surface area contributed by atoms with Gasteiger partial charge >= 0.3 is 0 Å². The zero-order valence-corrected chi connectivity index (χ0v) is 15.0. The van der Waals surface area contributed by atoms with Gasteiger partial charge in [-0.3, -0.25) is 9.48 Å². The summed E-state index contributed by atoms with van der Waals surface area (Å²) in [6, 6.07) is -0.423. The molecule has 1 aliphatic heterocycles. The van der Waals surface area contributed by atoms with Gasteiger partial charge in [-0.15, -0.1) is 12.4 Å². The van der Waals surface area contributed by atoms with Gasteiger partial charge < -0.3 is 15.4 Å². The molecule has 1 unspecified atom stereocenters. The quantitative estimate of drug-likeness (QED) is 0.859. The number of hydrogen-bond donors (Lipinski definition) is 1. The second-order valence-corrected chi connectivity index (χ2v) is 6.62. The maximum absolute atomic E-state index is 12.4. The van der Waals surface area contributed by atoms with E-state index in [0.717, 1.165) is 11.3 Å². The summed E-state index contributed by atoms with van der Waals surface area (Å²) in [5, 5.41) is 4.19. The number of aryl methyl sites for hydroxylation is 1. The molecule has 1 aliphatic rings. The summed E-state index contributed by atoms with van der Waals surface area (Å²) in [6.07, 6.45) is 6.45. The third-order valence-corrected chi connectivity index (χ3v) is 4.50. The van der Waals surface area contributed by atoms with E-state index in [4.69, 9.17) is 10.5 Å². The first-order chi connectivity index (χ1) is 9.96. The zero-order chi connectivity index (χ0) is 15.5. The van der Waals surface area contributed by atoms with Crippen LogP contribution in [0.5, 0.6) is 0 Å². The van der Waals surface area contributed by atoms with E-state index in [-0.39, 0.29) is 18.3 Å². The number of carbonyl (C=O) groups is 1. The Kier molecular flexibility index (Phi) is 7.18. The van der Waals surface area contributed by atoms with Crippen LogP contribution in [0.4, 0.5) is 0 Å². The summed E-state index contributed by atoms with van der Waals surface area (Å²) in [7, 11) is 1.87. The number of rotatable bonds is 5. The number of hydrogen-bond acceptors (Lipinski definition) is 5. The van der Waals surface area contributed by atoms with Gasteiger partial charge in [0.05, 0.1) is 25.4 Å². The van der Waals surface area contributed by atoms with Crippen molar-refractivity contribution in [2.45, 2.75) is 25.0 Å². The van der Waals surface area contributed by atoms with Crippen molar-refractivity contribution >= 4 is 30.1 Å². The topological polar surface area (TPSA) is 73.4 Å². The van der Waals surface area contributed by atoms with Gasteiger partial charge in [-0.1, -0.05) is 0 Å². The van der Waals surface area contributed by atoms with Gasteiger partial charge in [0.1, 0.15) is 5.60 Å². The molecule has 0 saturated carbocycles. The van der Waals surface area contributed by atoms with E-state index >= 15 is 0 Å². The minimum Gasteiger partial charge on any atom is -0.367 e. The molecule has 2 N–H and O–H groups in total. The van der Waals surface area contributed by atoms with Crippen molar-refractivity contribution in [3.8, 4) is 0 Å². The van der Waals surface area contributed by atoms with Gasteiger partial charge in [0, 0.05) is 25.4 Å². The standard InChI is InChI=1S/C14H24N4O2S.ClH/c1-14(11-8-16-17(2)9-11)10-18(5-6-20-14)13(19)12(15)4-7-21-3;/h8-9,12H,4-7,10,15H2,1-3H3;1H/t12-,14?;/m0./s1. The Labute approximate surface area is 142 Å². The minimum absolute atomic E-state index is 0. The Balaban J connectivity index is 0.00000242. The van der Waals surface area contributed by atoms with Gasteiger partial charge in [-0.05, 0) is 25.4 Å². The van der Waals surface area contributed by atoms with Gasteiger partial charge in [-0.25, -0.2) is 0 Å². The van der Waals surface area contributed by atoms with Crippen molar-refractivity contribution in [3.63, 3.8) is 0 Å². The van der Waals surface area contributed by atoms with Crippen molar-refractivity contribution in [1.29, 1.82) is 0 Å². The summed E-state index contributed by atoms with van der Waals surface area (Å²) in [5.41, 5.74) is 6.48. The molecule has 2 rings (SSSR count). The van der Waals surface area contributed by atoms with E-state index in [2.05, 4.69) is 5.10 Å². The van der Waals surface area contributed by atoms with Crippen molar-refractivity contribution in [3.05, 3.63) is 18.0 Å². The predicted molar refractivity (Wildman–Crippen MR) is 91.3 cm³/mol. The van der Waals surface area contributed by atoms with Crippen molar-refractivity contribution in [2.75, 3.05) is 31.7 Å². The molecule has 2 heterocycles. The van der Waals surface area contributed by atoms with E-state index < -0.39 is 11.6 Å². The lowest BCUT2D eigenvalue weighted by Crippen LogP contribution is -2.54. The fourth-order valence-corrected chi connectivity index (χ4v) is 3.02. The lowest BCUT2D eigenvalue weighted by molar-refractivity contribution is -0.151. The van der Waals surface area contributed by atoms with E-state index in [9.17, 15) is 4.79 Å². The normalized spacial score (nSPS) is 23.0. The SMILES string of the molecule is CSCC[C@H](N)C(=O)N1CCOC(C)(c2cnn(C)c2)C1.Cl. The summed E-state index contributed by atoms with van der Waals surface area (Å²) in [6.45, 7) is 3.63. The van der Waals surface area contributed by atoms with Crippen LogP contribution in [0.2, 0.25) is 0 Å². The molecule has 0 spiro atoms. The maximum Gasteiger partial charge on any atom is 0.239 e. The lowest BCUT2D eigenvalue weighted by Gasteiger charge is -2.40. The Bertz CT molecular complexity index is 499. The molecule has 0 aliphatic carbocycles. The summed E-state index contributed by atoms with van der Waals surface area (Å²) in [4.78, 5) is 14.3. The molecule has 22 heavy (non-hydrogen) atoms. The van der Waals surface area contributed by atoms with E-state index in [0.29, 0.717) is 26.1 Å². The fourth-order valence-electron chi connectivity index (χ4n) is 2.53. The van der Waals surface area contributed by atoms with Crippen LogP contribution in [-0.4, -0.2) is 58.3 Å². The number of halogens is 1. The van der Waals surface area contributed by atoms with Gasteiger partial charge in [0.15, 0.2) is 0 Å². The molecule has 1 amide bonds. The molecule has 1 aromatic rings. The Morgan fingerprint density at radius 3 is 2.95 bits per heavy atom. The van der Waals surface area contributed by atoms with E-state index in [1.165, 1.54) is 0 Å². The first kappa shape index (κ1) is 19.3. The van der Waals surface area contributed by atoms with Crippen LogP contribution in [0.3, 0.4) is 0 Å². The van der Waals surface area contributed by atoms with Crippen LogP contribution in [0.25, 0.3) is 0 Å². The first-order valence-electron chi connectivity index (χ1n) is 7.12. The fraction of sp³-hybridized carbons (Fsp3) is 0.714. The van der Waals surface area contributed by atoms with Crippen LogP contribution < -0.4 is 5.73 Å². The average molecular weight is 349 g/mol. The molecule has 2 atom stereocenters. The van der Waals surface area contributed by atoms with Gasteiger partial charge in [0.25, 0.3) is 0 Å². The lowest BCUT2D eigenvalue weighted by atomic mass is 9.96. The third kappa shape index (κ3) is 4.38. The van der Waals surface area contributed by atoms with Crippen LogP contribution in [-0.2, 0) is 22.2 Å². The second-order valence-electron chi connectivity index (χ2n) is 5.63. The molecule has 1 fully saturated rings. The van der Waals surface area contributed by atoms with E-state index in [1.807, 2.05) is 31.3 Å². The van der Waals surface area contributed by atoms with Crippen molar-refractivity contribution < 1.29 is 9.53 Å². The molecule has 1 saturated heterocycles. The van der Waals surface area contributed by atoms with Crippen LogP contribution in [0.15, 0.2) is 12.4 Å². The molecular formula is C14H25ClN4O2S. The highest BCUT2D eigenvalue weighted by Gasteiger charge is 2.37. The second kappa shape index (κ2) is 8.19. The minimum atomic E-state index is -0.513. The Morgan fingerprint density at radius 2 is 2.36 bits per heavy atom. The predicted octanol–water partition coefficient (Wildman–Crippen LogP) is 0.996. The molecule has 0 radical (unpaired) electrons. The number of morpholine rings is 1. The highest BCUT2D eigenvalue weighted by atomic mass is 35.5. The number of amides is 1. The molecule has 126 valence electrons.